The van der Waals surface area contributed by atoms with Gasteiger partial charge in [0.15, 0.2) is 0 Å². The third kappa shape index (κ3) is 4.36. The van der Waals surface area contributed by atoms with E-state index in [4.69, 9.17) is 9.47 Å². The first-order chi connectivity index (χ1) is 9.13. The maximum Gasteiger partial charge on any atom is 0.218 e. The first-order valence-corrected chi connectivity index (χ1v) is 6.60. The van der Waals surface area contributed by atoms with Crippen LogP contribution in [0.5, 0.6) is 5.88 Å². The van der Waals surface area contributed by atoms with Crippen molar-refractivity contribution >= 4 is 6.08 Å². The van der Waals surface area contributed by atoms with E-state index >= 15 is 0 Å². The Bertz CT molecular complexity index is 425. The predicted molar refractivity (Wildman–Crippen MR) is 77.5 cm³/mol. The number of aromatic nitrogens is 2. The Morgan fingerprint density at radius 2 is 2.16 bits per heavy atom. The molecule has 0 bridgehead atoms. The summed E-state index contributed by atoms with van der Waals surface area (Å²) >= 11 is 0. The summed E-state index contributed by atoms with van der Waals surface area (Å²) in [6, 6.07) is 0. The van der Waals surface area contributed by atoms with Gasteiger partial charge in [-0.25, -0.2) is 4.68 Å². The fourth-order valence-corrected chi connectivity index (χ4v) is 1.97. The molecule has 0 amide bonds. The number of aryl methyl sites for hydroxylation is 2. The number of nitrogens with zero attached hydrogens (tertiary/aromatic N) is 2. The van der Waals surface area contributed by atoms with Crippen LogP contribution in [0.4, 0.5) is 0 Å². The molecule has 0 saturated carbocycles. The SMILES string of the molecule is CCC(=Cc1c(C)nn(C)c1OC)CNCCOC. The van der Waals surface area contributed by atoms with Crippen LogP contribution < -0.4 is 10.1 Å². The molecule has 0 atom stereocenters. The molecule has 0 spiro atoms. The standard InChI is InChI=1S/C14H25N3O2/c1-6-12(10-15-7-8-18-4)9-13-11(2)16-17(3)14(13)19-5/h9,15H,6-8,10H2,1-5H3. The first-order valence-electron chi connectivity index (χ1n) is 6.60. The van der Waals surface area contributed by atoms with Gasteiger partial charge in [0.05, 0.1) is 25.0 Å². The van der Waals surface area contributed by atoms with Gasteiger partial charge in [-0.05, 0) is 19.4 Å². The summed E-state index contributed by atoms with van der Waals surface area (Å²) in [5, 5.41) is 7.75. The van der Waals surface area contributed by atoms with Crippen LogP contribution in [0.2, 0.25) is 0 Å². The minimum absolute atomic E-state index is 0.728. The van der Waals surface area contributed by atoms with Crippen molar-refractivity contribution in [3.63, 3.8) is 0 Å². The molecule has 0 aromatic carbocycles. The van der Waals surface area contributed by atoms with E-state index in [0.29, 0.717) is 0 Å². The highest BCUT2D eigenvalue weighted by atomic mass is 16.5. The van der Waals surface area contributed by atoms with Gasteiger partial charge in [0.25, 0.3) is 0 Å². The second-order valence-corrected chi connectivity index (χ2v) is 4.46. The van der Waals surface area contributed by atoms with Gasteiger partial charge in [0, 0.05) is 27.2 Å². The Hall–Kier alpha value is -1.33. The number of nitrogens with one attached hydrogen (secondary N) is 1. The lowest BCUT2D eigenvalue weighted by atomic mass is 10.1. The molecule has 5 nitrogen and oxygen atoms in total. The highest BCUT2D eigenvalue weighted by molar-refractivity contribution is 5.60. The summed E-state index contributed by atoms with van der Waals surface area (Å²) in [5.74, 6) is 0.806. The zero-order chi connectivity index (χ0) is 14.3. The molecule has 0 fully saturated rings. The quantitative estimate of drug-likeness (QED) is 0.729. The summed E-state index contributed by atoms with van der Waals surface area (Å²) in [6.07, 6.45) is 3.17. The summed E-state index contributed by atoms with van der Waals surface area (Å²) in [7, 11) is 5.28. The Kier molecular flexibility index (Phi) is 6.59. The highest BCUT2D eigenvalue weighted by Gasteiger charge is 2.12. The summed E-state index contributed by atoms with van der Waals surface area (Å²) in [4.78, 5) is 0. The first kappa shape index (κ1) is 15.7. The van der Waals surface area contributed by atoms with Crippen LogP contribution in [-0.2, 0) is 11.8 Å². The van der Waals surface area contributed by atoms with Crippen molar-refractivity contribution in [2.24, 2.45) is 7.05 Å². The van der Waals surface area contributed by atoms with Crippen molar-refractivity contribution < 1.29 is 9.47 Å². The van der Waals surface area contributed by atoms with E-state index in [1.54, 1.807) is 18.9 Å². The Labute approximate surface area is 115 Å². The lowest BCUT2D eigenvalue weighted by Crippen LogP contribution is -2.21. The van der Waals surface area contributed by atoms with E-state index in [1.165, 1.54) is 5.57 Å². The molecule has 1 N–H and O–H groups in total. The number of methoxy groups -OCH3 is 2. The van der Waals surface area contributed by atoms with E-state index in [9.17, 15) is 0 Å². The minimum atomic E-state index is 0.728. The van der Waals surface area contributed by atoms with Gasteiger partial charge in [0.1, 0.15) is 0 Å². The van der Waals surface area contributed by atoms with Crippen LogP contribution in [0, 0.1) is 6.92 Å². The van der Waals surface area contributed by atoms with E-state index in [-0.39, 0.29) is 0 Å². The zero-order valence-electron chi connectivity index (χ0n) is 12.6. The molecular weight excluding hydrogens is 242 g/mol. The average Bonchev–Trinajstić information content (AvgIpc) is 2.67. The fourth-order valence-electron chi connectivity index (χ4n) is 1.97. The van der Waals surface area contributed by atoms with Crippen LogP contribution in [0.15, 0.2) is 5.57 Å². The molecule has 0 aliphatic carbocycles. The van der Waals surface area contributed by atoms with Crippen molar-refractivity contribution in [3.8, 4) is 5.88 Å². The number of hydrogen-bond donors (Lipinski definition) is 1. The van der Waals surface area contributed by atoms with Crippen molar-refractivity contribution in [3.05, 3.63) is 16.8 Å². The fraction of sp³-hybridized carbons (Fsp3) is 0.643. The van der Waals surface area contributed by atoms with E-state index in [0.717, 1.165) is 43.3 Å². The van der Waals surface area contributed by atoms with Gasteiger partial charge in [-0.2, -0.15) is 5.10 Å². The third-order valence-electron chi connectivity index (χ3n) is 3.05. The Morgan fingerprint density at radius 1 is 1.42 bits per heavy atom. The van der Waals surface area contributed by atoms with Gasteiger partial charge in [-0.15, -0.1) is 0 Å². The highest BCUT2D eigenvalue weighted by Crippen LogP contribution is 2.24. The van der Waals surface area contributed by atoms with Gasteiger partial charge in [-0.1, -0.05) is 12.5 Å². The molecule has 1 aromatic heterocycles. The normalized spacial score (nSPS) is 11.9. The molecule has 1 heterocycles. The topological polar surface area (TPSA) is 48.3 Å². The van der Waals surface area contributed by atoms with Crippen molar-refractivity contribution in [1.82, 2.24) is 15.1 Å². The molecule has 5 heteroatoms. The van der Waals surface area contributed by atoms with Crippen LogP contribution in [0.25, 0.3) is 6.08 Å². The Morgan fingerprint density at radius 3 is 2.74 bits per heavy atom. The second-order valence-electron chi connectivity index (χ2n) is 4.46. The monoisotopic (exact) mass is 267 g/mol. The molecule has 19 heavy (non-hydrogen) atoms. The average molecular weight is 267 g/mol. The van der Waals surface area contributed by atoms with Crippen LogP contribution >= 0.6 is 0 Å². The molecule has 1 aromatic rings. The van der Waals surface area contributed by atoms with Gasteiger partial charge < -0.3 is 14.8 Å². The summed E-state index contributed by atoms with van der Waals surface area (Å²) in [5.41, 5.74) is 3.38. The van der Waals surface area contributed by atoms with Crippen molar-refractivity contribution in [1.29, 1.82) is 0 Å². The maximum absolute atomic E-state index is 5.40. The third-order valence-corrected chi connectivity index (χ3v) is 3.05. The molecule has 0 unspecified atom stereocenters. The molecule has 1 rings (SSSR count). The summed E-state index contributed by atoms with van der Waals surface area (Å²) in [6.45, 7) is 6.60. The van der Waals surface area contributed by atoms with Gasteiger partial charge >= 0.3 is 0 Å². The zero-order valence-corrected chi connectivity index (χ0v) is 12.6. The lowest BCUT2D eigenvalue weighted by molar-refractivity contribution is 0.200. The van der Waals surface area contributed by atoms with Crippen LogP contribution in [0.3, 0.4) is 0 Å². The molecule has 0 saturated heterocycles. The summed E-state index contributed by atoms with van der Waals surface area (Å²) < 4.78 is 12.2. The van der Waals surface area contributed by atoms with Gasteiger partial charge in [0.2, 0.25) is 5.88 Å². The maximum atomic E-state index is 5.40. The lowest BCUT2D eigenvalue weighted by Gasteiger charge is -2.08. The van der Waals surface area contributed by atoms with E-state index < -0.39 is 0 Å². The van der Waals surface area contributed by atoms with Crippen molar-refractivity contribution in [2.45, 2.75) is 20.3 Å². The van der Waals surface area contributed by atoms with E-state index in [1.807, 2.05) is 14.0 Å². The van der Waals surface area contributed by atoms with Crippen LogP contribution in [-0.4, -0.2) is 43.7 Å². The number of rotatable bonds is 8. The smallest absolute Gasteiger partial charge is 0.218 e. The van der Waals surface area contributed by atoms with Crippen molar-refractivity contribution in [2.75, 3.05) is 33.9 Å². The largest absolute Gasteiger partial charge is 0.481 e. The molecule has 0 radical (unpaired) electrons. The van der Waals surface area contributed by atoms with Crippen LogP contribution in [0.1, 0.15) is 24.6 Å². The van der Waals surface area contributed by atoms with Gasteiger partial charge in [-0.3, -0.25) is 0 Å². The minimum Gasteiger partial charge on any atom is -0.481 e. The molecular formula is C14H25N3O2. The molecule has 108 valence electrons. The number of ether oxygens (including phenoxy) is 2. The Balaban J connectivity index is 2.79. The molecule has 0 aliphatic heterocycles. The second kappa shape index (κ2) is 7.96. The predicted octanol–water partition coefficient (Wildman–Crippen LogP) is 1.77. The molecule has 0 aliphatic rings. The number of hydrogen-bond acceptors (Lipinski definition) is 4. The van der Waals surface area contributed by atoms with E-state index in [2.05, 4.69) is 23.4 Å².